The summed E-state index contributed by atoms with van der Waals surface area (Å²) in [6.07, 6.45) is 8.32. The van der Waals surface area contributed by atoms with Crippen molar-refractivity contribution in [3.63, 3.8) is 0 Å². The van der Waals surface area contributed by atoms with Gasteiger partial charge in [0.15, 0.2) is 0 Å². The van der Waals surface area contributed by atoms with Crippen LogP contribution in [0.2, 0.25) is 0 Å². The van der Waals surface area contributed by atoms with Crippen LogP contribution in [0.5, 0.6) is 0 Å². The van der Waals surface area contributed by atoms with Gasteiger partial charge < -0.3 is 9.69 Å². The van der Waals surface area contributed by atoms with Gasteiger partial charge in [0.05, 0.1) is 0 Å². The predicted molar refractivity (Wildman–Crippen MR) is 85.3 cm³/mol. The molecule has 0 N–H and O–H groups in total. The van der Waals surface area contributed by atoms with Crippen molar-refractivity contribution in [2.24, 2.45) is 5.41 Å². The topological polar surface area (TPSA) is 20.3 Å². The number of carbonyl (C=O) groups is 1. The van der Waals surface area contributed by atoms with Crippen molar-refractivity contribution in [2.75, 3.05) is 18.0 Å². The lowest BCUT2D eigenvalue weighted by Crippen LogP contribution is -2.39. The summed E-state index contributed by atoms with van der Waals surface area (Å²) >= 11 is 0. The van der Waals surface area contributed by atoms with Gasteiger partial charge in [-0.05, 0) is 44.4 Å². The van der Waals surface area contributed by atoms with E-state index in [0.717, 1.165) is 25.9 Å². The minimum absolute atomic E-state index is 0.129. The smallest absolute Gasteiger partial charge is 0.127 e. The highest BCUT2D eigenvalue weighted by molar-refractivity contribution is 5.62. The fraction of sp³-hybridized carbons (Fsp3) is 0.611. The number of benzene rings is 1. The van der Waals surface area contributed by atoms with Gasteiger partial charge in [0.25, 0.3) is 0 Å². The number of rotatable bonds is 5. The van der Waals surface area contributed by atoms with Crippen LogP contribution in [-0.2, 0) is 4.79 Å². The molecule has 1 aromatic rings. The molecule has 0 radical (unpaired) electrons. The zero-order chi connectivity index (χ0) is 14.4. The first-order chi connectivity index (χ1) is 9.69. The maximum atomic E-state index is 11.8. The Hall–Kier alpha value is -1.31. The van der Waals surface area contributed by atoms with Gasteiger partial charge in [-0.2, -0.15) is 0 Å². The first-order valence-corrected chi connectivity index (χ1v) is 7.97. The molecule has 0 unspecified atom stereocenters. The van der Waals surface area contributed by atoms with Crippen molar-refractivity contribution in [2.45, 2.75) is 52.4 Å². The summed E-state index contributed by atoms with van der Waals surface area (Å²) in [6, 6.07) is 8.61. The Balaban J connectivity index is 2.16. The van der Waals surface area contributed by atoms with Crippen molar-refractivity contribution in [1.82, 2.24) is 0 Å². The van der Waals surface area contributed by atoms with Gasteiger partial charge in [-0.1, -0.05) is 37.8 Å². The molecule has 0 atom stereocenters. The Bertz CT molecular complexity index is 433. The van der Waals surface area contributed by atoms with Gasteiger partial charge in [0, 0.05) is 24.2 Å². The summed E-state index contributed by atoms with van der Waals surface area (Å²) < 4.78 is 0. The van der Waals surface area contributed by atoms with E-state index in [1.807, 2.05) is 0 Å². The van der Waals surface area contributed by atoms with Crippen LogP contribution in [0.3, 0.4) is 0 Å². The fourth-order valence-corrected chi connectivity index (χ4v) is 3.34. The summed E-state index contributed by atoms with van der Waals surface area (Å²) in [7, 11) is 0. The largest absolute Gasteiger partial charge is 0.371 e. The van der Waals surface area contributed by atoms with Gasteiger partial charge in [-0.15, -0.1) is 0 Å². The zero-order valence-corrected chi connectivity index (χ0v) is 12.9. The second-order valence-corrected chi connectivity index (χ2v) is 6.25. The van der Waals surface area contributed by atoms with E-state index >= 15 is 0 Å². The van der Waals surface area contributed by atoms with Crippen LogP contribution in [0.25, 0.3) is 0 Å². The van der Waals surface area contributed by atoms with Crippen LogP contribution in [0, 0.1) is 12.3 Å². The van der Waals surface area contributed by atoms with Crippen LogP contribution in [0.1, 0.15) is 51.0 Å². The van der Waals surface area contributed by atoms with Gasteiger partial charge in [-0.25, -0.2) is 0 Å². The molecule has 0 saturated heterocycles. The molecule has 0 spiro atoms. The number of carbonyl (C=O) groups excluding carboxylic acids is 1. The molecule has 1 aromatic carbocycles. The highest BCUT2D eigenvalue weighted by atomic mass is 16.1. The van der Waals surface area contributed by atoms with Crippen molar-refractivity contribution >= 4 is 12.0 Å². The quantitative estimate of drug-likeness (QED) is 0.587. The SMILES string of the molecule is CCN(CC1(C=O)CCCCCC1)c1cccc(C)c1. The van der Waals surface area contributed by atoms with Crippen molar-refractivity contribution in [3.05, 3.63) is 29.8 Å². The molecular weight excluding hydrogens is 246 g/mol. The van der Waals surface area contributed by atoms with Crippen LogP contribution >= 0.6 is 0 Å². The molecule has 1 aliphatic rings. The molecule has 1 saturated carbocycles. The third-order valence-electron chi connectivity index (χ3n) is 4.60. The van der Waals surface area contributed by atoms with Gasteiger partial charge in [0.2, 0.25) is 0 Å². The van der Waals surface area contributed by atoms with E-state index in [9.17, 15) is 4.79 Å². The molecule has 20 heavy (non-hydrogen) atoms. The summed E-state index contributed by atoms with van der Waals surface area (Å²) in [6.45, 7) is 6.13. The van der Waals surface area contributed by atoms with Crippen LogP contribution in [0.15, 0.2) is 24.3 Å². The van der Waals surface area contributed by atoms with E-state index in [0.29, 0.717) is 0 Å². The Morgan fingerprint density at radius 2 is 1.90 bits per heavy atom. The summed E-state index contributed by atoms with van der Waals surface area (Å²) in [5.41, 5.74) is 2.40. The highest BCUT2D eigenvalue weighted by Crippen LogP contribution is 2.35. The number of hydrogen-bond acceptors (Lipinski definition) is 2. The molecule has 0 aliphatic heterocycles. The van der Waals surface area contributed by atoms with E-state index < -0.39 is 0 Å². The molecule has 1 fully saturated rings. The first kappa shape index (κ1) is 15.1. The minimum Gasteiger partial charge on any atom is -0.371 e. The standard InChI is InChI=1S/C18H27NO/c1-3-19(17-10-8-9-16(2)13-17)14-18(15-20)11-6-4-5-7-12-18/h8-10,13,15H,3-7,11-12,14H2,1-2H3. The molecule has 0 aromatic heterocycles. The number of aldehydes is 1. The van der Waals surface area contributed by atoms with E-state index in [4.69, 9.17) is 0 Å². The molecule has 2 nitrogen and oxygen atoms in total. The summed E-state index contributed by atoms with van der Waals surface area (Å²) in [4.78, 5) is 14.1. The molecule has 0 amide bonds. The highest BCUT2D eigenvalue weighted by Gasteiger charge is 2.32. The molecule has 2 heteroatoms. The second-order valence-electron chi connectivity index (χ2n) is 6.25. The lowest BCUT2D eigenvalue weighted by molar-refractivity contribution is -0.116. The number of hydrogen-bond donors (Lipinski definition) is 0. The molecule has 0 heterocycles. The average molecular weight is 273 g/mol. The second kappa shape index (κ2) is 6.92. The lowest BCUT2D eigenvalue weighted by atomic mass is 9.81. The average Bonchev–Trinajstić information content (AvgIpc) is 2.71. The summed E-state index contributed by atoms with van der Waals surface area (Å²) in [5.74, 6) is 0. The summed E-state index contributed by atoms with van der Waals surface area (Å²) in [5, 5.41) is 0. The van der Waals surface area contributed by atoms with Crippen LogP contribution in [-0.4, -0.2) is 19.4 Å². The van der Waals surface area contributed by atoms with E-state index in [1.54, 1.807) is 0 Å². The van der Waals surface area contributed by atoms with Crippen molar-refractivity contribution in [1.29, 1.82) is 0 Å². The van der Waals surface area contributed by atoms with E-state index in [2.05, 4.69) is 43.0 Å². The third-order valence-corrected chi connectivity index (χ3v) is 4.60. The number of aryl methyl sites for hydroxylation is 1. The van der Waals surface area contributed by atoms with Gasteiger partial charge in [-0.3, -0.25) is 0 Å². The monoisotopic (exact) mass is 273 g/mol. The van der Waals surface area contributed by atoms with Crippen molar-refractivity contribution in [3.8, 4) is 0 Å². The van der Waals surface area contributed by atoms with E-state index in [1.165, 1.54) is 43.2 Å². The molecular formula is C18H27NO. The molecule has 1 aliphatic carbocycles. The Labute approximate surface area is 123 Å². The van der Waals surface area contributed by atoms with E-state index in [-0.39, 0.29) is 5.41 Å². The Morgan fingerprint density at radius 3 is 2.45 bits per heavy atom. The normalized spacial score (nSPS) is 18.3. The first-order valence-electron chi connectivity index (χ1n) is 7.97. The number of nitrogens with zero attached hydrogens (tertiary/aromatic N) is 1. The Morgan fingerprint density at radius 1 is 1.20 bits per heavy atom. The molecule has 2 rings (SSSR count). The van der Waals surface area contributed by atoms with Crippen LogP contribution < -0.4 is 4.90 Å². The lowest BCUT2D eigenvalue weighted by Gasteiger charge is -2.34. The predicted octanol–water partition coefficient (Wildman–Crippen LogP) is 4.36. The third kappa shape index (κ3) is 3.62. The minimum atomic E-state index is -0.129. The van der Waals surface area contributed by atoms with Gasteiger partial charge >= 0.3 is 0 Å². The maximum absolute atomic E-state index is 11.8. The fourth-order valence-electron chi connectivity index (χ4n) is 3.34. The maximum Gasteiger partial charge on any atom is 0.127 e. The van der Waals surface area contributed by atoms with Gasteiger partial charge in [0.1, 0.15) is 6.29 Å². The Kier molecular flexibility index (Phi) is 5.22. The number of anilines is 1. The zero-order valence-electron chi connectivity index (χ0n) is 12.9. The van der Waals surface area contributed by atoms with Crippen LogP contribution in [0.4, 0.5) is 5.69 Å². The molecule has 110 valence electrons. The van der Waals surface area contributed by atoms with Crippen molar-refractivity contribution < 1.29 is 4.79 Å². The molecule has 0 bridgehead atoms.